The molecule has 0 aliphatic rings. The van der Waals surface area contributed by atoms with E-state index in [4.69, 9.17) is 0 Å². The van der Waals surface area contributed by atoms with Crippen molar-refractivity contribution in [2.24, 2.45) is 7.05 Å². The van der Waals surface area contributed by atoms with Crippen LogP contribution >= 0.6 is 0 Å². The average Bonchev–Trinajstić information content (AvgIpc) is 2.55. The van der Waals surface area contributed by atoms with Crippen molar-refractivity contribution in [3.05, 3.63) is 30.7 Å². The Hall–Kier alpha value is -1.97. The van der Waals surface area contributed by atoms with Gasteiger partial charge in [-0.1, -0.05) is 0 Å². The van der Waals surface area contributed by atoms with Crippen LogP contribution < -0.4 is 0 Å². The second-order valence-corrected chi connectivity index (χ2v) is 3.16. The molecule has 0 saturated carbocycles. The second kappa shape index (κ2) is 2.51. The standard InChI is InChI=1S/C10H8N4/c1-14-7-3-2-4-11-8(7)9-10(14)13-6-5-12-9/h2-6H,1H3. The van der Waals surface area contributed by atoms with Crippen molar-refractivity contribution in [1.82, 2.24) is 19.5 Å². The third-order valence-electron chi connectivity index (χ3n) is 2.37. The molecule has 4 nitrogen and oxygen atoms in total. The van der Waals surface area contributed by atoms with E-state index in [0.29, 0.717) is 0 Å². The summed E-state index contributed by atoms with van der Waals surface area (Å²) in [4.78, 5) is 12.9. The Kier molecular flexibility index (Phi) is 1.33. The zero-order valence-electron chi connectivity index (χ0n) is 7.68. The Morgan fingerprint density at radius 2 is 1.79 bits per heavy atom. The fourth-order valence-electron chi connectivity index (χ4n) is 1.71. The van der Waals surface area contributed by atoms with Crippen LogP contribution in [0, 0.1) is 0 Å². The molecule has 4 heteroatoms. The Labute approximate surface area is 80.2 Å². The van der Waals surface area contributed by atoms with Crippen LogP contribution in [-0.2, 0) is 7.05 Å². The van der Waals surface area contributed by atoms with E-state index in [1.54, 1.807) is 18.6 Å². The van der Waals surface area contributed by atoms with Crippen LogP contribution in [0.25, 0.3) is 22.2 Å². The molecule has 0 amide bonds. The van der Waals surface area contributed by atoms with Gasteiger partial charge in [-0.3, -0.25) is 4.98 Å². The lowest BCUT2D eigenvalue weighted by molar-refractivity contribution is 0.984. The highest BCUT2D eigenvalue weighted by molar-refractivity contribution is 6.01. The smallest absolute Gasteiger partial charge is 0.161 e. The van der Waals surface area contributed by atoms with Gasteiger partial charge >= 0.3 is 0 Å². The molecule has 0 N–H and O–H groups in total. The van der Waals surface area contributed by atoms with E-state index in [1.165, 1.54) is 0 Å². The highest BCUT2D eigenvalue weighted by Crippen LogP contribution is 2.21. The predicted molar refractivity (Wildman–Crippen MR) is 53.8 cm³/mol. The van der Waals surface area contributed by atoms with Crippen LogP contribution in [0.4, 0.5) is 0 Å². The van der Waals surface area contributed by atoms with Gasteiger partial charge in [-0.25, -0.2) is 9.97 Å². The van der Waals surface area contributed by atoms with E-state index in [-0.39, 0.29) is 0 Å². The molecule has 3 rings (SSSR count). The zero-order chi connectivity index (χ0) is 9.54. The van der Waals surface area contributed by atoms with Crippen LogP contribution in [0.15, 0.2) is 30.7 Å². The molecule has 0 aliphatic heterocycles. The maximum absolute atomic E-state index is 4.31. The van der Waals surface area contributed by atoms with E-state index < -0.39 is 0 Å². The molecular weight excluding hydrogens is 176 g/mol. The van der Waals surface area contributed by atoms with Gasteiger partial charge in [-0.05, 0) is 12.1 Å². The summed E-state index contributed by atoms with van der Waals surface area (Å²) in [6.07, 6.45) is 5.16. The molecule has 0 aromatic carbocycles. The van der Waals surface area contributed by atoms with Crippen LogP contribution in [0.5, 0.6) is 0 Å². The van der Waals surface area contributed by atoms with Gasteiger partial charge in [0.15, 0.2) is 5.65 Å². The molecule has 0 saturated heterocycles. The maximum Gasteiger partial charge on any atom is 0.161 e. The topological polar surface area (TPSA) is 43.6 Å². The quantitative estimate of drug-likeness (QED) is 0.532. The summed E-state index contributed by atoms with van der Waals surface area (Å²) < 4.78 is 2.00. The molecule has 0 spiro atoms. The van der Waals surface area contributed by atoms with Gasteiger partial charge in [-0.2, -0.15) is 0 Å². The Morgan fingerprint density at radius 1 is 1.00 bits per heavy atom. The largest absolute Gasteiger partial charge is 0.326 e. The molecule has 14 heavy (non-hydrogen) atoms. The van der Waals surface area contributed by atoms with Crippen molar-refractivity contribution in [3.63, 3.8) is 0 Å². The summed E-state index contributed by atoms with van der Waals surface area (Å²) in [5, 5.41) is 0. The van der Waals surface area contributed by atoms with Crippen LogP contribution in [0.1, 0.15) is 0 Å². The Balaban J connectivity index is 2.69. The van der Waals surface area contributed by atoms with Crippen molar-refractivity contribution in [3.8, 4) is 0 Å². The molecule has 0 unspecified atom stereocenters. The van der Waals surface area contributed by atoms with Gasteiger partial charge < -0.3 is 4.57 Å². The summed E-state index contributed by atoms with van der Waals surface area (Å²) in [7, 11) is 1.97. The molecule has 0 radical (unpaired) electrons. The van der Waals surface area contributed by atoms with Gasteiger partial charge in [0.2, 0.25) is 0 Å². The molecule has 3 heterocycles. The predicted octanol–water partition coefficient (Wildman–Crippen LogP) is 1.52. The number of pyridine rings is 1. The van der Waals surface area contributed by atoms with Crippen molar-refractivity contribution in [2.45, 2.75) is 0 Å². The van der Waals surface area contributed by atoms with Gasteiger partial charge in [0.1, 0.15) is 11.0 Å². The van der Waals surface area contributed by atoms with Gasteiger partial charge in [0, 0.05) is 25.6 Å². The third kappa shape index (κ3) is 0.797. The normalized spacial score (nSPS) is 11.2. The lowest BCUT2D eigenvalue weighted by atomic mass is 10.4. The molecule has 0 fully saturated rings. The highest BCUT2D eigenvalue weighted by atomic mass is 15.0. The van der Waals surface area contributed by atoms with Crippen molar-refractivity contribution < 1.29 is 0 Å². The first-order valence-electron chi connectivity index (χ1n) is 4.38. The summed E-state index contributed by atoms with van der Waals surface area (Å²) in [5.74, 6) is 0. The van der Waals surface area contributed by atoms with E-state index in [9.17, 15) is 0 Å². The van der Waals surface area contributed by atoms with Crippen molar-refractivity contribution in [1.29, 1.82) is 0 Å². The van der Waals surface area contributed by atoms with Crippen LogP contribution in [0.3, 0.4) is 0 Å². The number of aryl methyl sites for hydroxylation is 1. The molecule has 68 valence electrons. The minimum absolute atomic E-state index is 0.866. The maximum atomic E-state index is 4.31. The van der Waals surface area contributed by atoms with Gasteiger partial charge in [0.05, 0.1) is 5.52 Å². The number of hydrogen-bond acceptors (Lipinski definition) is 3. The highest BCUT2D eigenvalue weighted by Gasteiger charge is 2.09. The first-order chi connectivity index (χ1) is 6.88. The third-order valence-corrected chi connectivity index (χ3v) is 2.37. The number of rotatable bonds is 0. The van der Waals surface area contributed by atoms with Gasteiger partial charge in [-0.15, -0.1) is 0 Å². The fraction of sp³-hybridized carbons (Fsp3) is 0.100. The molecule has 3 aromatic heterocycles. The van der Waals surface area contributed by atoms with E-state index in [0.717, 1.165) is 22.2 Å². The van der Waals surface area contributed by atoms with Gasteiger partial charge in [0.25, 0.3) is 0 Å². The van der Waals surface area contributed by atoms with Crippen molar-refractivity contribution in [2.75, 3.05) is 0 Å². The lowest BCUT2D eigenvalue weighted by Crippen LogP contribution is -1.88. The van der Waals surface area contributed by atoms with E-state index >= 15 is 0 Å². The van der Waals surface area contributed by atoms with Crippen molar-refractivity contribution >= 4 is 22.2 Å². The average molecular weight is 184 g/mol. The number of hydrogen-bond donors (Lipinski definition) is 0. The second-order valence-electron chi connectivity index (χ2n) is 3.16. The summed E-state index contributed by atoms with van der Waals surface area (Å²) in [6.45, 7) is 0. The number of fused-ring (bicyclic) bond motifs is 3. The van der Waals surface area contributed by atoms with E-state index in [1.807, 2.05) is 23.7 Å². The number of aromatic nitrogens is 4. The van der Waals surface area contributed by atoms with Crippen LogP contribution in [-0.4, -0.2) is 19.5 Å². The first-order valence-corrected chi connectivity index (χ1v) is 4.38. The monoisotopic (exact) mass is 184 g/mol. The summed E-state index contributed by atoms with van der Waals surface area (Å²) in [6, 6.07) is 3.94. The molecule has 3 aromatic rings. The minimum Gasteiger partial charge on any atom is -0.326 e. The first kappa shape index (κ1) is 7.44. The fourth-order valence-corrected chi connectivity index (χ4v) is 1.71. The number of nitrogens with zero attached hydrogens (tertiary/aromatic N) is 4. The Bertz CT molecular complexity index is 558. The molecule has 0 aliphatic carbocycles. The SMILES string of the molecule is Cn1c2cccnc2c2nccnc21. The zero-order valence-corrected chi connectivity index (χ0v) is 7.68. The molecule has 0 bridgehead atoms. The summed E-state index contributed by atoms with van der Waals surface area (Å²) >= 11 is 0. The molecule has 0 atom stereocenters. The van der Waals surface area contributed by atoms with E-state index in [2.05, 4.69) is 15.0 Å². The summed E-state index contributed by atoms with van der Waals surface area (Å²) in [5.41, 5.74) is 3.72. The van der Waals surface area contributed by atoms with Crippen LogP contribution in [0.2, 0.25) is 0 Å². The minimum atomic E-state index is 0.866. The lowest BCUT2D eigenvalue weighted by Gasteiger charge is -1.93. The molecular formula is C10H8N4. The Morgan fingerprint density at radius 3 is 2.71 bits per heavy atom.